The third-order valence-corrected chi connectivity index (χ3v) is 3.47. The Hall–Kier alpha value is -2.64. The van der Waals surface area contributed by atoms with Crippen LogP contribution in [0, 0.1) is 0 Å². The minimum atomic E-state index is -0.338. The zero-order chi connectivity index (χ0) is 14.8. The summed E-state index contributed by atoms with van der Waals surface area (Å²) in [6.45, 7) is 2.75. The van der Waals surface area contributed by atoms with Gasteiger partial charge in [-0.2, -0.15) is 0 Å². The van der Waals surface area contributed by atoms with E-state index in [1.165, 1.54) is 13.1 Å². The van der Waals surface area contributed by atoms with Crippen LogP contribution in [0.2, 0.25) is 0 Å². The fourth-order valence-electron chi connectivity index (χ4n) is 2.39. The Morgan fingerprint density at radius 1 is 1.48 bits per heavy atom. The number of hydrogen-bond acceptors (Lipinski definition) is 4. The molecule has 8 heteroatoms. The molecule has 0 bridgehead atoms. The number of nitrogens with one attached hydrogen (secondary N) is 3. The van der Waals surface area contributed by atoms with E-state index in [9.17, 15) is 9.59 Å². The highest BCUT2D eigenvalue weighted by atomic mass is 16.2. The van der Waals surface area contributed by atoms with Gasteiger partial charge in [0.2, 0.25) is 5.91 Å². The molecule has 2 aromatic heterocycles. The van der Waals surface area contributed by atoms with Gasteiger partial charge in [0.15, 0.2) is 11.5 Å². The summed E-state index contributed by atoms with van der Waals surface area (Å²) in [4.78, 5) is 36.2. The average Bonchev–Trinajstić information content (AvgIpc) is 3.06. The van der Waals surface area contributed by atoms with Crippen molar-refractivity contribution in [1.29, 1.82) is 0 Å². The molecule has 0 spiro atoms. The smallest absolute Gasteiger partial charge is 0.320 e. The second kappa shape index (κ2) is 5.39. The van der Waals surface area contributed by atoms with Gasteiger partial charge in [0.25, 0.3) is 0 Å². The molecule has 0 unspecified atom stereocenters. The van der Waals surface area contributed by atoms with E-state index < -0.39 is 0 Å². The number of nitrogens with zero attached hydrogens (tertiary/aromatic N) is 3. The number of carbonyl (C=O) groups excluding carboxylic acids is 2. The van der Waals surface area contributed by atoms with Crippen molar-refractivity contribution in [3.8, 4) is 0 Å². The minimum Gasteiger partial charge on any atom is -0.345 e. The molecule has 1 atom stereocenters. The molecule has 0 saturated carbocycles. The molecule has 2 aromatic rings. The van der Waals surface area contributed by atoms with Gasteiger partial charge in [-0.3, -0.25) is 10.1 Å². The first-order valence-corrected chi connectivity index (χ1v) is 6.75. The first-order chi connectivity index (χ1) is 10.1. The maximum absolute atomic E-state index is 11.9. The summed E-state index contributed by atoms with van der Waals surface area (Å²) in [5.41, 5.74) is 1.37. The molecule has 0 aromatic carbocycles. The van der Waals surface area contributed by atoms with Crippen molar-refractivity contribution in [2.24, 2.45) is 0 Å². The van der Waals surface area contributed by atoms with Crippen molar-refractivity contribution in [3.05, 3.63) is 18.5 Å². The number of aromatic amines is 1. The molecule has 8 nitrogen and oxygen atoms in total. The van der Waals surface area contributed by atoms with E-state index in [2.05, 4.69) is 25.6 Å². The third-order valence-electron chi connectivity index (χ3n) is 3.47. The van der Waals surface area contributed by atoms with Crippen molar-refractivity contribution < 1.29 is 9.59 Å². The van der Waals surface area contributed by atoms with Crippen LogP contribution in [0.3, 0.4) is 0 Å². The maximum Gasteiger partial charge on any atom is 0.320 e. The molecule has 3 heterocycles. The van der Waals surface area contributed by atoms with Crippen molar-refractivity contribution in [2.45, 2.75) is 19.4 Å². The highest BCUT2D eigenvalue weighted by molar-refractivity contribution is 5.89. The van der Waals surface area contributed by atoms with Crippen LogP contribution in [-0.2, 0) is 4.79 Å². The number of H-pyrrole nitrogens is 1. The van der Waals surface area contributed by atoms with Gasteiger partial charge in [-0.05, 0) is 12.5 Å². The Balaban J connectivity index is 1.58. The average molecular weight is 288 g/mol. The van der Waals surface area contributed by atoms with Gasteiger partial charge < -0.3 is 15.2 Å². The maximum atomic E-state index is 11.9. The molecule has 0 radical (unpaired) electrons. The van der Waals surface area contributed by atoms with E-state index in [-0.39, 0.29) is 18.0 Å². The molecule has 3 N–H and O–H groups in total. The lowest BCUT2D eigenvalue weighted by Crippen LogP contribution is -2.40. The van der Waals surface area contributed by atoms with Gasteiger partial charge in [-0.25, -0.2) is 14.8 Å². The van der Waals surface area contributed by atoms with Gasteiger partial charge in [-0.1, -0.05) is 0 Å². The van der Waals surface area contributed by atoms with Crippen LogP contribution in [0.4, 0.5) is 10.6 Å². The van der Waals surface area contributed by atoms with E-state index in [1.807, 2.05) is 0 Å². The number of carbonyl (C=O) groups is 2. The van der Waals surface area contributed by atoms with E-state index in [1.54, 1.807) is 17.2 Å². The van der Waals surface area contributed by atoms with E-state index in [0.717, 1.165) is 6.42 Å². The van der Waals surface area contributed by atoms with Crippen LogP contribution in [0.25, 0.3) is 11.2 Å². The van der Waals surface area contributed by atoms with Crippen molar-refractivity contribution >= 4 is 28.9 Å². The number of amides is 3. The molecule has 110 valence electrons. The second-order valence-corrected chi connectivity index (χ2v) is 5.02. The molecule has 1 aliphatic rings. The van der Waals surface area contributed by atoms with E-state index in [0.29, 0.717) is 30.1 Å². The first-order valence-electron chi connectivity index (χ1n) is 6.75. The molecular weight excluding hydrogens is 272 g/mol. The summed E-state index contributed by atoms with van der Waals surface area (Å²) < 4.78 is 0. The molecule has 3 rings (SSSR count). The van der Waals surface area contributed by atoms with Crippen molar-refractivity contribution in [2.75, 3.05) is 18.4 Å². The molecule has 1 fully saturated rings. The fraction of sp³-hybridized carbons (Fsp3) is 0.385. The minimum absolute atomic E-state index is 0.0298. The lowest BCUT2D eigenvalue weighted by molar-refractivity contribution is -0.127. The number of fused-ring (bicyclic) bond motifs is 1. The third kappa shape index (κ3) is 2.93. The molecule has 3 amide bonds. The lowest BCUT2D eigenvalue weighted by atomic mass is 10.3. The summed E-state index contributed by atoms with van der Waals surface area (Å²) in [6.07, 6.45) is 3.99. The number of rotatable bonds is 2. The van der Waals surface area contributed by atoms with Crippen LogP contribution in [0.15, 0.2) is 18.5 Å². The zero-order valence-electron chi connectivity index (χ0n) is 11.6. The topological polar surface area (TPSA) is 103 Å². The van der Waals surface area contributed by atoms with Crippen LogP contribution >= 0.6 is 0 Å². The largest absolute Gasteiger partial charge is 0.345 e. The van der Waals surface area contributed by atoms with Crippen LogP contribution in [0.5, 0.6) is 0 Å². The van der Waals surface area contributed by atoms with Crippen LogP contribution < -0.4 is 10.6 Å². The predicted molar refractivity (Wildman–Crippen MR) is 76.7 cm³/mol. The highest BCUT2D eigenvalue weighted by Crippen LogP contribution is 2.11. The van der Waals surface area contributed by atoms with E-state index in [4.69, 9.17) is 0 Å². The molecule has 1 saturated heterocycles. The van der Waals surface area contributed by atoms with E-state index >= 15 is 0 Å². The van der Waals surface area contributed by atoms with Gasteiger partial charge in [0.1, 0.15) is 5.52 Å². The monoisotopic (exact) mass is 288 g/mol. The van der Waals surface area contributed by atoms with Crippen LogP contribution in [-0.4, -0.2) is 50.9 Å². The Bertz CT molecular complexity index is 682. The molecule has 0 aliphatic carbocycles. The zero-order valence-corrected chi connectivity index (χ0v) is 11.6. The Morgan fingerprint density at radius 2 is 2.33 bits per heavy atom. The number of likely N-dealkylation sites (tertiary alicyclic amines) is 1. The molecule has 1 aliphatic heterocycles. The Morgan fingerprint density at radius 3 is 3.10 bits per heavy atom. The summed E-state index contributed by atoms with van der Waals surface area (Å²) in [5.74, 6) is 0.421. The number of hydrogen-bond donors (Lipinski definition) is 3. The quantitative estimate of drug-likeness (QED) is 0.756. The predicted octanol–water partition coefficient (Wildman–Crippen LogP) is 0.700. The number of anilines is 1. The van der Waals surface area contributed by atoms with Crippen molar-refractivity contribution in [3.63, 3.8) is 0 Å². The SMILES string of the molecule is CC(=O)N1CC[C@@H](NC(=O)Nc2cnc3[nH]ccc3n2)C1. The summed E-state index contributed by atoms with van der Waals surface area (Å²) in [5, 5.41) is 5.49. The number of aromatic nitrogens is 3. The number of urea groups is 1. The van der Waals surface area contributed by atoms with Gasteiger partial charge >= 0.3 is 6.03 Å². The summed E-state index contributed by atoms with van der Waals surface area (Å²) in [6, 6.07) is 1.42. The van der Waals surface area contributed by atoms with Crippen molar-refractivity contribution in [1.82, 2.24) is 25.2 Å². The summed E-state index contributed by atoms with van der Waals surface area (Å²) in [7, 11) is 0. The second-order valence-electron chi connectivity index (χ2n) is 5.02. The lowest BCUT2D eigenvalue weighted by Gasteiger charge is -2.15. The Labute approximate surface area is 120 Å². The molecule has 21 heavy (non-hydrogen) atoms. The normalized spacial score (nSPS) is 18.0. The first kappa shape index (κ1) is 13.3. The standard InChI is InChI=1S/C13H16N6O2/c1-8(20)19-5-3-9(7-19)16-13(21)18-11-6-15-12-10(17-11)2-4-14-12/h2,4,6,9H,3,5,7H2,1H3,(H,14,15)(H2,16,17,18,21)/t9-/m1/s1. The fourth-order valence-corrected chi connectivity index (χ4v) is 2.39. The highest BCUT2D eigenvalue weighted by Gasteiger charge is 2.25. The Kier molecular flexibility index (Phi) is 3.43. The van der Waals surface area contributed by atoms with Gasteiger partial charge in [-0.15, -0.1) is 0 Å². The van der Waals surface area contributed by atoms with Gasteiger partial charge in [0, 0.05) is 32.3 Å². The molecular formula is C13H16N6O2. The van der Waals surface area contributed by atoms with Crippen LogP contribution in [0.1, 0.15) is 13.3 Å². The van der Waals surface area contributed by atoms with Gasteiger partial charge in [0.05, 0.1) is 6.20 Å². The summed E-state index contributed by atoms with van der Waals surface area (Å²) >= 11 is 0.